The van der Waals surface area contributed by atoms with Crippen LogP contribution in [0.1, 0.15) is 160 Å². The van der Waals surface area contributed by atoms with Gasteiger partial charge in [-0.1, -0.05) is 95.2 Å². The van der Waals surface area contributed by atoms with Crippen LogP contribution in [0.25, 0.3) is 11.1 Å². The molecule has 0 spiro atoms. The van der Waals surface area contributed by atoms with E-state index in [1.54, 1.807) is 50.1 Å². The first-order valence-electron chi connectivity index (χ1n) is 21.2. The summed E-state index contributed by atoms with van der Waals surface area (Å²) < 4.78 is 0. The number of fused-ring (bicyclic) bond motifs is 3. The van der Waals surface area contributed by atoms with Crippen LogP contribution >= 0.6 is 0 Å². The fourth-order valence-corrected chi connectivity index (χ4v) is 16.3. The van der Waals surface area contributed by atoms with Crippen molar-refractivity contribution in [3.63, 3.8) is 0 Å². The Morgan fingerprint density at radius 3 is 1.43 bits per heavy atom. The molecule has 0 aromatic heterocycles. The highest BCUT2D eigenvalue weighted by atomic mass is 14.6. The number of rotatable bonds is 4. The molecule has 0 heterocycles. The van der Waals surface area contributed by atoms with Gasteiger partial charge < -0.3 is 0 Å². The lowest BCUT2D eigenvalue weighted by molar-refractivity contribution is -0.00534. The van der Waals surface area contributed by atoms with E-state index in [0.717, 1.165) is 35.5 Å². The first kappa shape index (κ1) is 30.5. The molecule has 8 fully saturated rings. The van der Waals surface area contributed by atoms with Crippen LogP contribution in [0.15, 0.2) is 59.2 Å². The van der Waals surface area contributed by atoms with E-state index >= 15 is 0 Å². The Kier molecular flexibility index (Phi) is 6.15. The summed E-state index contributed by atoms with van der Waals surface area (Å²) in [6, 6.07) is 16.5. The summed E-state index contributed by atoms with van der Waals surface area (Å²) in [5.74, 6) is 7.65. The van der Waals surface area contributed by atoms with E-state index in [-0.39, 0.29) is 10.8 Å². The summed E-state index contributed by atoms with van der Waals surface area (Å²) in [5.41, 5.74) is 16.6. The minimum atomic E-state index is 0.159. The molecule has 11 aliphatic rings. The minimum absolute atomic E-state index is 0.159. The van der Waals surface area contributed by atoms with Gasteiger partial charge in [0.15, 0.2) is 0 Å². The predicted molar refractivity (Wildman–Crippen MR) is 204 cm³/mol. The van der Waals surface area contributed by atoms with E-state index in [9.17, 15) is 0 Å². The zero-order valence-electron chi connectivity index (χ0n) is 31.6. The Morgan fingerprint density at radius 2 is 1.04 bits per heavy atom. The van der Waals surface area contributed by atoms with Crippen LogP contribution in [0, 0.1) is 58.2 Å². The molecule has 8 bridgehead atoms. The Balaban J connectivity index is 1.10. The van der Waals surface area contributed by atoms with Gasteiger partial charge in [0.2, 0.25) is 0 Å². The van der Waals surface area contributed by atoms with E-state index in [0.29, 0.717) is 28.6 Å². The van der Waals surface area contributed by atoms with E-state index < -0.39 is 0 Å². The highest BCUT2D eigenvalue weighted by Crippen LogP contribution is 2.69. The van der Waals surface area contributed by atoms with E-state index in [2.05, 4.69) is 84.0 Å². The SMILES string of the molecule is CC1CC(C(C)C)(C2c3ccc(C45CC6CC(CC(C6)C4)C5)cc3-c3cc(C45CC6CC(CC(C6)C4)C5)ccc32)C2=C1CC(C(C)(C)C)=C2. The van der Waals surface area contributed by atoms with Gasteiger partial charge in [-0.25, -0.2) is 0 Å². The maximum Gasteiger partial charge on any atom is 0.0201 e. The lowest BCUT2D eigenvalue weighted by atomic mass is 9.48. The summed E-state index contributed by atoms with van der Waals surface area (Å²) in [5, 5.41) is 0. The lowest BCUT2D eigenvalue weighted by Gasteiger charge is -2.57. The van der Waals surface area contributed by atoms with Crippen molar-refractivity contribution in [1.82, 2.24) is 0 Å². The molecule has 0 nitrogen and oxygen atoms in total. The van der Waals surface area contributed by atoms with Crippen molar-refractivity contribution in [3.8, 4) is 11.1 Å². The summed E-state index contributed by atoms with van der Waals surface area (Å²) in [7, 11) is 0. The molecular weight excluding hydrogens is 589 g/mol. The Bertz CT molecular complexity index is 1650. The summed E-state index contributed by atoms with van der Waals surface area (Å²) in [4.78, 5) is 0. The molecule has 0 aliphatic heterocycles. The summed E-state index contributed by atoms with van der Waals surface area (Å²) in [6.45, 7) is 15.1. The molecule has 258 valence electrons. The van der Waals surface area contributed by atoms with Gasteiger partial charge in [0.1, 0.15) is 0 Å². The summed E-state index contributed by atoms with van der Waals surface area (Å²) in [6.07, 6.45) is 23.2. The third-order valence-electron chi connectivity index (χ3n) is 17.6. The van der Waals surface area contributed by atoms with Crippen LogP contribution in [0.4, 0.5) is 0 Å². The molecule has 8 saturated carbocycles. The molecule has 2 atom stereocenters. The van der Waals surface area contributed by atoms with Crippen LogP contribution in [0.3, 0.4) is 0 Å². The topological polar surface area (TPSA) is 0 Å². The standard InChI is InChI=1S/C49H62/c1-28(2)49(21-29(3)41-19-38(20-44(41)49)46(4,5)6)45-39-9-7-36(47-22-30-11-31(23-47)13-32(12-30)24-47)17-42(39)43-18-37(8-10-40(43)45)48-25-33-14-34(26-48)16-35(15-33)27-48/h7-10,17-18,20,28-35,45H,11-16,19,21-27H2,1-6H3. The van der Waals surface area contributed by atoms with Gasteiger partial charge in [0, 0.05) is 11.3 Å². The third-order valence-corrected chi connectivity index (χ3v) is 17.6. The first-order valence-corrected chi connectivity index (χ1v) is 21.2. The Morgan fingerprint density at radius 1 is 0.612 bits per heavy atom. The van der Waals surface area contributed by atoms with Crippen molar-refractivity contribution >= 4 is 0 Å². The molecular formula is C49H62. The minimum Gasteiger partial charge on any atom is -0.0619 e. The molecule has 2 aromatic rings. The predicted octanol–water partition coefficient (Wildman–Crippen LogP) is 13.1. The molecule has 0 radical (unpaired) electrons. The highest BCUT2D eigenvalue weighted by molar-refractivity contribution is 5.82. The van der Waals surface area contributed by atoms with E-state index in [1.807, 2.05) is 0 Å². The average Bonchev–Trinajstić information content (AvgIpc) is 3.70. The summed E-state index contributed by atoms with van der Waals surface area (Å²) >= 11 is 0. The van der Waals surface area contributed by atoms with Gasteiger partial charge in [-0.15, -0.1) is 0 Å². The second kappa shape index (κ2) is 9.86. The molecule has 2 unspecified atom stereocenters. The van der Waals surface area contributed by atoms with Crippen molar-refractivity contribution < 1.29 is 0 Å². The van der Waals surface area contributed by atoms with Gasteiger partial charge >= 0.3 is 0 Å². The first-order chi connectivity index (χ1) is 23.4. The molecule has 0 N–H and O–H groups in total. The number of benzene rings is 2. The monoisotopic (exact) mass is 650 g/mol. The Hall–Kier alpha value is -2.08. The molecule has 2 aromatic carbocycles. The highest BCUT2D eigenvalue weighted by Gasteiger charge is 2.57. The number of hydrogen-bond donors (Lipinski definition) is 0. The van der Waals surface area contributed by atoms with Crippen LogP contribution in [0.5, 0.6) is 0 Å². The molecule has 49 heavy (non-hydrogen) atoms. The maximum atomic E-state index is 2.83. The molecule has 13 rings (SSSR count). The molecule has 11 aliphatic carbocycles. The van der Waals surface area contributed by atoms with Gasteiger partial charge in [0.05, 0.1) is 0 Å². The van der Waals surface area contributed by atoms with Crippen molar-refractivity contribution in [2.75, 3.05) is 0 Å². The van der Waals surface area contributed by atoms with Crippen LogP contribution in [-0.4, -0.2) is 0 Å². The normalized spacial score (nSPS) is 43.9. The number of allylic oxidation sites excluding steroid dienone is 4. The fourth-order valence-electron chi connectivity index (χ4n) is 16.3. The van der Waals surface area contributed by atoms with Gasteiger partial charge in [-0.2, -0.15) is 0 Å². The van der Waals surface area contributed by atoms with Crippen LogP contribution < -0.4 is 0 Å². The van der Waals surface area contributed by atoms with Crippen LogP contribution in [0.2, 0.25) is 0 Å². The van der Waals surface area contributed by atoms with Gasteiger partial charge in [-0.3, -0.25) is 0 Å². The number of hydrogen-bond acceptors (Lipinski definition) is 0. The van der Waals surface area contributed by atoms with Gasteiger partial charge in [-0.05, 0) is 192 Å². The zero-order valence-corrected chi connectivity index (χ0v) is 31.6. The maximum absolute atomic E-state index is 2.83. The van der Waals surface area contributed by atoms with Gasteiger partial charge in [0.25, 0.3) is 0 Å². The van der Waals surface area contributed by atoms with Crippen molar-refractivity contribution in [2.24, 2.45) is 58.2 Å². The largest absolute Gasteiger partial charge is 0.0619 e. The molecule has 0 saturated heterocycles. The van der Waals surface area contributed by atoms with Crippen molar-refractivity contribution in [1.29, 1.82) is 0 Å². The van der Waals surface area contributed by atoms with E-state index in [4.69, 9.17) is 0 Å². The lowest BCUT2D eigenvalue weighted by Crippen LogP contribution is -2.48. The molecule has 0 amide bonds. The second-order valence-corrected chi connectivity index (χ2v) is 21.8. The smallest absolute Gasteiger partial charge is 0.0201 e. The third kappa shape index (κ3) is 4.10. The van der Waals surface area contributed by atoms with Crippen LogP contribution in [-0.2, 0) is 10.8 Å². The van der Waals surface area contributed by atoms with E-state index in [1.165, 1.54) is 89.9 Å². The fraction of sp³-hybridized carbons (Fsp3) is 0.673. The Labute approximate surface area is 298 Å². The molecule has 0 heteroatoms. The zero-order chi connectivity index (χ0) is 33.2. The average molecular weight is 651 g/mol. The van der Waals surface area contributed by atoms with Crippen molar-refractivity contribution in [3.05, 3.63) is 81.4 Å². The second-order valence-electron chi connectivity index (χ2n) is 21.8. The van der Waals surface area contributed by atoms with Crippen molar-refractivity contribution in [2.45, 2.75) is 148 Å². The quantitative estimate of drug-likeness (QED) is 0.309.